The van der Waals surface area contributed by atoms with E-state index in [1.807, 2.05) is 20.8 Å². The number of hydrogen-bond acceptors (Lipinski definition) is 2. The van der Waals surface area contributed by atoms with Gasteiger partial charge in [0.15, 0.2) is 0 Å². The average Bonchev–Trinajstić information content (AvgIpc) is 2.88. The van der Waals surface area contributed by atoms with Gasteiger partial charge in [-0.25, -0.2) is 0 Å². The normalized spacial score (nSPS) is 49.5. The van der Waals surface area contributed by atoms with Crippen LogP contribution in [-0.2, 0) is 0 Å². The molecule has 3 fully saturated rings. The van der Waals surface area contributed by atoms with Gasteiger partial charge >= 0.3 is 0 Å². The third kappa shape index (κ3) is 2.57. The van der Waals surface area contributed by atoms with Crippen LogP contribution >= 0.6 is 0 Å². The molecule has 6 atom stereocenters. The fraction of sp³-hybridized carbons (Fsp3) is 0.900. The highest BCUT2D eigenvalue weighted by Crippen LogP contribution is 2.60. The van der Waals surface area contributed by atoms with E-state index in [-0.39, 0.29) is 0 Å². The zero-order valence-corrected chi connectivity index (χ0v) is 14.9. The molecule has 0 aliphatic heterocycles. The van der Waals surface area contributed by atoms with Gasteiger partial charge in [-0.15, -0.1) is 0 Å². The first-order valence-corrected chi connectivity index (χ1v) is 9.17. The smallest absolute Gasteiger partial charge is 0.0653 e. The summed E-state index contributed by atoms with van der Waals surface area (Å²) in [6, 6.07) is 0. The molecule has 0 saturated heterocycles. The Morgan fingerprint density at radius 3 is 2.41 bits per heavy atom. The van der Waals surface area contributed by atoms with Crippen molar-refractivity contribution in [3.8, 4) is 0 Å². The molecule has 0 aromatic rings. The minimum Gasteiger partial charge on any atom is -0.390 e. The highest BCUT2D eigenvalue weighted by molar-refractivity contribution is 5.16. The number of rotatable bonds is 1. The molecule has 0 radical (unpaired) electrons. The minimum atomic E-state index is -0.612. The van der Waals surface area contributed by atoms with E-state index >= 15 is 0 Å². The average molecular weight is 306 g/mol. The van der Waals surface area contributed by atoms with Crippen LogP contribution in [0.15, 0.2) is 12.2 Å². The van der Waals surface area contributed by atoms with Gasteiger partial charge in [0.2, 0.25) is 0 Å². The quantitative estimate of drug-likeness (QED) is 0.709. The summed E-state index contributed by atoms with van der Waals surface area (Å²) < 4.78 is 0. The highest BCUT2D eigenvalue weighted by atomic mass is 16.3. The Hall–Kier alpha value is -0.340. The predicted octanol–water partition coefficient (Wildman–Crippen LogP) is 4.31. The first-order chi connectivity index (χ1) is 10.0. The lowest BCUT2D eigenvalue weighted by Crippen LogP contribution is -2.45. The Morgan fingerprint density at radius 2 is 1.77 bits per heavy atom. The van der Waals surface area contributed by atoms with Crippen LogP contribution in [0, 0.1) is 29.1 Å². The molecule has 0 unspecified atom stereocenters. The minimum absolute atomic E-state index is 0.303. The van der Waals surface area contributed by atoms with Crippen LogP contribution in [0.1, 0.15) is 72.6 Å². The molecule has 2 nitrogen and oxygen atoms in total. The fourth-order valence-corrected chi connectivity index (χ4v) is 6.18. The number of aliphatic hydroxyl groups is 2. The van der Waals surface area contributed by atoms with Gasteiger partial charge in [0.1, 0.15) is 0 Å². The molecular formula is C20H34O2. The SMILES string of the molecule is C=C1CC[C@H]2[C@H]1C[C@@]1(C)CC[C@@H](C(C)(C)O)[C@@H]1CC[C@@]2(C)O. The van der Waals surface area contributed by atoms with E-state index in [0.717, 1.165) is 38.5 Å². The first kappa shape index (κ1) is 16.5. The van der Waals surface area contributed by atoms with Gasteiger partial charge in [0.05, 0.1) is 11.2 Å². The van der Waals surface area contributed by atoms with Crippen molar-refractivity contribution in [1.82, 2.24) is 0 Å². The summed E-state index contributed by atoms with van der Waals surface area (Å²) >= 11 is 0. The van der Waals surface area contributed by atoms with E-state index in [9.17, 15) is 10.2 Å². The van der Waals surface area contributed by atoms with Crippen LogP contribution in [-0.4, -0.2) is 21.4 Å². The molecule has 0 aromatic heterocycles. The maximum atomic E-state index is 11.1. The van der Waals surface area contributed by atoms with Gasteiger partial charge in [-0.3, -0.25) is 0 Å². The summed E-state index contributed by atoms with van der Waals surface area (Å²) in [6.07, 6.45) is 7.60. The number of allylic oxidation sites excluding steroid dienone is 1. The molecule has 3 aliphatic carbocycles. The molecule has 3 rings (SSSR count). The van der Waals surface area contributed by atoms with Crippen LogP contribution in [0.3, 0.4) is 0 Å². The summed E-state index contributed by atoms with van der Waals surface area (Å²) in [4.78, 5) is 0. The van der Waals surface area contributed by atoms with E-state index in [4.69, 9.17) is 0 Å². The Balaban J connectivity index is 1.93. The zero-order valence-electron chi connectivity index (χ0n) is 14.9. The molecule has 0 spiro atoms. The van der Waals surface area contributed by atoms with Crippen molar-refractivity contribution in [3.05, 3.63) is 12.2 Å². The summed E-state index contributed by atoms with van der Waals surface area (Å²) in [5.41, 5.74) is 0.480. The lowest BCUT2D eigenvalue weighted by atomic mass is 9.60. The van der Waals surface area contributed by atoms with Crippen LogP contribution in [0.2, 0.25) is 0 Å². The van der Waals surface area contributed by atoms with E-state index in [0.29, 0.717) is 29.1 Å². The van der Waals surface area contributed by atoms with E-state index in [1.165, 1.54) is 12.0 Å². The second-order valence-electron chi connectivity index (χ2n) is 9.57. The van der Waals surface area contributed by atoms with Gasteiger partial charge in [0.25, 0.3) is 0 Å². The zero-order chi connectivity index (χ0) is 16.3. The van der Waals surface area contributed by atoms with Crippen LogP contribution in [0.5, 0.6) is 0 Å². The molecular weight excluding hydrogens is 272 g/mol. The largest absolute Gasteiger partial charge is 0.390 e. The second kappa shape index (κ2) is 5.08. The Bertz CT molecular complexity index is 459. The number of fused-ring (bicyclic) bond motifs is 2. The molecule has 22 heavy (non-hydrogen) atoms. The Kier molecular flexibility index (Phi) is 3.81. The van der Waals surface area contributed by atoms with Crippen molar-refractivity contribution >= 4 is 0 Å². The standard InChI is InChI=1S/C20H34O2/c1-13-6-7-15-14(13)12-19(4)10-8-16(18(2,3)21)17(19)9-11-20(15,5)22/h14-17,21-22H,1,6-12H2,2-5H3/t14-,15-,16+,17-,19+,20+/m0/s1. The molecule has 3 saturated carbocycles. The van der Waals surface area contributed by atoms with Crippen LogP contribution in [0.4, 0.5) is 0 Å². The maximum absolute atomic E-state index is 11.1. The van der Waals surface area contributed by atoms with E-state index in [1.54, 1.807) is 0 Å². The molecule has 0 heterocycles. The number of hydrogen-bond donors (Lipinski definition) is 2. The van der Waals surface area contributed by atoms with Crippen molar-refractivity contribution in [2.45, 2.75) is 83.8 Å². The van der Waals surface area contributed by atoms with Crippen LogP contribution in [0.25, 0.3) is 0 Å². The molecule has 2 N–H and O–H groups in total. The molecule has 0 amide bonds. The molecule has 126 valence electrons. The highest BCUT2D eigenvalue weighted by Gasteiger charge is 2.55. The van der Waals surface area contributed by atoms with E-state index < -0.39 is 11.2 Å². The van der Waals surface area contributed by atoms with Gasteiger partial charge in [-0.1, -0.05) is 19.1 Å². The van der Waals surface area contributed by atoms with Crippen molar-refractivity contribution in [2.24, 2.45) is 29.1 Å². The molecule has 0 bridgehead atoms. The van der Waals surface area contributed by atoms with Crippen molar-refractivity contribution in [2.75, 3.05) is 0 Å². The van der Waals surface area contributed by atoms with Gasteiger partial charge in [0, 0.05) is 0 Å². The molecule has 3 aliphatic rings. The van der Waals surface area contributed by atoms with Crippen molar-refractivity contribution in [3.63, 3.8) is 0 Å². The third-order valence-electron chi connectivity index (χ3n) is 7.55. The Labute approximate surface area is 136 Å². The summed E-state index contributed by atoms with van der Waals surface area (Å²) in [6.45, 7) is 12.7. The second-order valence-corrected chi connectivity index (χ2v) is 9.57. The summed E-state index contributed by atoms with van der Waals surface area (Å²) in [7, 11) is 0. The lowest BCUT2D eigenvalue weighted by Gasteiger charge is -2.47. The van der Waals surface area contributed by atoms with Crippen molar-refractivity contribution in [1.29, 1.82) is 0 Å². The maximum Gasteiger partial charge on any atom is 0.0653 e. The van der Waals surface area contributed by atoms with Gasteiger partial charge in [-0.2, -0.15) is 0 Å². The topological polar surface area (TPSA) is 40.5 Å². The predicted molar refractivity (Wildman–Crippen MR) is 90.4 cm³/mol. The Morgan fingerprint density at radius 1 is 1.09 bits per heavy atom. The lowest BCUT2D eigenvalue weighted by molar-refractivity contribution is -0.0720. The fourth-order valence-electron chi connectivity index (χ4n) is 6.18. The summed E-state index contributed by atoms with van der Waals surface area (Å²) in [5.74, 6) is 1.75. The third-order valence-corrected chi connectivity index (χ3v) is 7.55. The van der Waals surface area contributed by atoms with Gasteiger partial charge in [-0.05, 0) is 94.8 Å². The molecule has 2 heteroatoms. The summed E-state index contributed by atoms with van der Waals surface area (Å²) in [5, 5.41) is 21.7. The first-order valence-electron chi connectivity index (χ1n) is 9.17. The van der Waals surface area contributed by atoms with E-state index in [2.05, 4.69) is 13.5 Å². The van der Waals surface area contributed by atoms with Gasteiger partial charge < -0.3 is 10.2 Å². The molecule has 0 aromatic carbocycles. The van der Waals surface area contributed by atoms with Crippen molar-refractivity contribution < 1.29 is 10.2 Å². The van der Waals surface area contributed by atoms with Crippen LogP contribution < -0.4 is 0 Å². The monoisotopic (exact) mass is 306 g/mol.